The lowest BCUT2D eigenvalue weighted by Crippen LogP contribution is -1.91. The van der Waals surface area contributed by atoms with Gasteiger partial charge < -0.3 is 5.11 Å². The molecule has 116 valence electrons. The number of hydrogen-bond acceptors (Lipinski definition) is 1. The van der Waals surface area contributed by atoms with Gasteiger partial charge in [-0.15, -0.1) is 0 Å². The maximum absolute atomic E-state index is 10.3. The van der Waals surface area contributed by atoms with Gasteiger partial charge in [-0.3, -0.25) is 4.79 Å². The lowest BCUT2D eigenvalue weighted by molar-refractivity contribution is -0.136. The summed E-state index contributed by atoms with van der Waals surface area (Å²) in [5.74, 6) is -0.712. The van der Waals surface area contributed by atoms with Crippen molar-refractivity contribution in [2.24, 2.45) is 0 Å². The van der Waals surface area contributed by atoms with Crippen LogP contribution in [0.1, 0.15) is 84.0 Å². The molecule has 0 aliphatic heterocycles. The van der Waals surface area contributed by atoms with Crippen LogP contribution in [0.5, 0.6) is 0 Å². The second-order valence-corrected chi connectivity index (χ2v) is 5.36. The Morgan fingerprint density at radius 1 is 0.750 bits per heavy atom. The molecule has 0 radical (unpaired) electrons. The summed E-state index contributed by atoms with van der Waals surface area (Å²) in [6, 6.07) is 0. The highest BCUT2D eigenvalue weighted by Gasteiger charge is 1.91. The molecule has 2 heteroatoms. The van der Waals surface area contributed by atoms with Crippen LogP contribution in [-0.4, -0.2) is 11.1 Å². The van der Waals surface area contributed by atoms with Crippen LogP contribution in [0, 0.1) is 0 Å². The second-order valence-electron chi connectivity index (χ2n) is 5.36. The van der Waals surface area contributed by atoms with Gasteiger partial charge in [-0.2, -0.15) is 0 Å². The maximum atomic E-state index is 10.3. The van der Waals surface area contributed by atoms with Crippen LogP contribution in [0.25, 0.3) is 0 Å². The molecule has 0 saturated heterocycles. The summed E-state index contributed by atoms with van der Waals surface area (Å²) < 4.78 is 0. The highest BCUT2D eigenvalue weighted by molar-refractivity contribution is 5.66. The molecule has 0 rings (SSSR count). The van der Waals surface area contributed by atoms with Crippen molar-refractivity contribution in [1.82, 2.24) is 0 Å². The highest BCUT2D eigenvalue weighted by Crippen LogP contribution is 2.07. The minimum Gasteiger partial charge on any atom is -0.481 e. The molecular weight excluding hydrogens is 248 g/mol. The maximum Gasteiger partial charge on any atom is 0.303 e. The molecule has 0 unspecified atom stereocenters. The number of carboxylic acids is 1. The van der Waals surface area contributed by atoms with Gasteiger partial charge in [0.1, 0.15) is 0 Å². The lowest BCUT2D eigenvalue weighted by Gasteiger charge is -1.96. The van der Waals surface area contributed by atoms with E-state index in [4.69, 9.17) is 5.11 Å². The zero-order valence-electron chi connectivity index (χ0n) is 13.2. The third-order valence-corrected chi connectivity index (χ3v) is 3.32. The zero-order chi connectivity index (χ0) is 14.9. The molecule has 0 aliphatic rings. The van der Waals surface area contributed by atoms with Crippen LogP contribution in [0.3, 0.4) is 0 Å². The van der Waals surface area contributed by atoms with E-state index in [9.17, 15) is 4.79 Å². The average molecular weight is 280 g/mol. The van der Waals surface area contributed by atoms with Crippen molar-refractivity contribution in [3.63, 3.8) is 0 Å². The molecule has 1 N–H and O–H groups in total. The quantitative estimate of drug-likeness (QED) is 0.318. The number of rotatable bonds is 14. The topological polar surface area (TPSA) is 37.3 Å². The van der Waals surface area contributed by atoms with Gasteiger partial charge in [0.2, 0.25) is 0 Å². The molecular formula is C18H32O2. The first-order chi connectivity index (χ1) is 9.77. The average Bonchev–Trinajstić information content (AvgIpc) is 2.43. The van der Waals surface area contributed by atoms with E-state index < -0.39 is 5.97 Å². The third kappa shape index (κ3) is 16.9. The van der Waals surface area contributed by atoms with Crippen molar-refractivity contribution in [1.29, 1.82) is 0 Å². The summed E-state index contributed by atoms with van der Waals surface area (Å²) in [6.45, 7) is 2.25. The number of carbonyl (C=O) groups is 1. The van der Waals surface area contributed by atoms with Crippen molar-refractivity contribution in [3.05, 3.63) is 24.3 Å². The van der Waals surface area contributed by atoms with Gasteiger partial charge in [0.25, 0.3) is 0 Å². The zero-order valence-corrected chi connectivity index (χ0v) is 13.2. The monoisotopic (exact) mass is 280 g/mol. The molecule has 0 aromatic heterocycles. The van der Waals surface area contributed by atoms with Crippen LogP contribution in [-0.2, 0) is 4.79 Å². The predicted octanol–water partition coefficient (Wildman–Crippen LogP) is 5.88. The molecule has 0 spiro atoms. The first-order valence-electron chi connectivity index (χ1n) is 8.29. The molecule has 0 bridgehead atoms. The van der Waals surface area contributed by atoms with E-state index in [0.29, 0.717) is 6.42 Å². The number of allylic oxidation sites excluding steroid dienone is 4. The van der Waals surface area contributed by atoms with Gasteiger partial charge in [0.15, 0.2) is 0 Å². The molecule has 0 heterocycles. The van der Waals surface area contributed by atoms with Gasteiger partial charge in [0, 0.05) is 6.42 Å². The Bertz CT molecular complexity index is 267. The van der Waals surface area contributed by atoms with Crippen LogP contribution in [0.4, 0.5) is 0 Å². The SMILES string of the molecule is CCCCCC/C=C\CCCCC/C=C\CCC(=O)O. The summed E-state index contributed by atoms with van der Waals surface area (Å²) in [5.41, 5.74) is 0. The molecule has 2 nitrogen and oxygen atoms in total. The minimum absolute atomic E-state index is 0.250. The Kier molecular flexibility index (Phi) is 15.2. The lowest BCUT2D eigenvalue weighted by atomic mass is 10.1. The van der Waals surface area contributed by atoms with Crippen LogP contribution in [0.15, 0.2) is 24.3 Å². The molecule has 20 heavy (non-hydrogen) atoms. The molecule has 0 amide bonds. The van der Waals surface area contributed by atoms with Crippen molar-refractivity contribution in [3.8, 4) is 0 Å². The smallest absolute Gasteiger partial charge is 0.303 e. The number of hydrogen-bond donors (Lipinski definition) is 1. The fraction of sp³-hybridized carbons (Fsp3) is 0.722. The van der Waals surface area contributed by atoms with Gasteiger partial charge in [-0.05, 0) is 44.9 Å². The Morgan fingerprint density at radius 3 is 1.65 bits per heavy atom. The minimum atomic E-state index is -0.712. The van der Waals surface area contributed by atoms with E-state index >= 15 is 0 Å². The first-order valence-corrected chi connectivity index (χ1v) is 8.29. The fourth-order valence-electron chi connectivity index (χ4n) is 2.07. The molecule has 0 atom stereocenters. The summed E-state index contributed by atoms with van der Waals surface area (Å²) in [7, 11) is 0. The Labute approximate surface area is 125 Å². The van der Waals surface area contributed by atoms with Crippen molar-refractivity contribution < 1.29 is 9.90 Å². The molecule has 0 aromatic rings. The van der Waals surface area contributed by atoms with E-state index in [1.54, 1.807) is 0 Å². The summed E-state index contributed by atoms with van der Waals surface area (Å²) in [6.07, 6.45) is 22.4. The van der Waals surface area contributed by atoms with Crippen molar-refractivity contribution >= 4 is 5.97 Å². The predicted molar refractivity (Wildman–Crippen MR) is 87.0 cm³/mol. The van der Waals surface area contributed by atoms with E-state index in [1.165, 1.54) is 57.8 Å². The van der Waals surface area contributed by atoms with Crippen molar-refractivity contribution in [2.45, 2.75) is 84.0 Å². The molecule has 0 fully saturated rings. The number of carboxylic acid groups (broad SMARTS) is 1. The largest absolute Gasteiger partial charge is 0.481 e. The van der Waals surface area contributed by atoms with Gasteiger partial charge >= 0.3 is 5.97 Å². The van der Waals surface area contributed by atoms with E-state index in [2.05, 4.69) is 25.2 Å². The highest BCUT2D eigenvalue weighted by atomic mass is 16.4. The molecule has 0 aliphatic carbocycles. The summed E-state index contributed by atoms with van der Waals surface area (Å²) >= 11 is 0. The second kappa shape index (κ2) is 16.0. The molecule has 0 aromatic carbocycles. The van der Waals surface area contributed by atoms with Gasteiger partial charge in [0.05, 0.1) is 0 Å². The third-order valence-electron chi connectivity index (χ3n) is 3.32. The normalized spacial score (nSPS) is 11.7. The Hall–Kier alpha value is -1.05. The number of unbranched alkanes of at least 4 members (excludes halogenated alkanes) is 8. The standard InChI is InChI=1S/C18H32O2/c1-2-3-4-5-6-7-8-9-10-11-12-13-14-15-16-17-18(19)20/h7-8,14-15H,2-6,9-13,16-17H2,1H3,(H,19,20)/b8-7-,15-14-. The van der Waals surface area contributed by atoms with Crippen LogP contribution < -0.4 is 0 Å². The van der Waals surface area contributed by atoms with Crippen LogP contribution >= 0.6 is 0 Å². The number of aliphatic carboxylic acids is 1. The van der Waals surface area contributed by atoms with Crippen LogP contribution in [0.2, 0.25) is 0 Å². The van der Waals surface area contributed by atoms with E-state index in [-0.39, 0.29) is 6.42 Å². The fourth-order valence-corrected chi connectivity index (χ4v) is 2.07. The summed E-state index contributed by atoms with van der Waals surface area (Å²) in [4.78, 5) is 10.3. The Morgan fingerprint density at radius 2 is 1.20 bits per heavy atom. The van der Waals surface area contributed by atoms with E-state index in [0.717, 1.165) is 6.42 Å². The Balaban J connectivity index is 3.16. The van der Waals surface area contributed by atoms with E-state index in [1.807, 2.05) is 6.08 Å². The summed E-state index contributed by atoms with van der Waals surface area (Å²) in [5, 5.41) is 8.48. The van der Waals surface area contributed by atoms with Gasteiger partial charge in [-0.1, -0.05) is 56.9 Å². The van der Waals surface area contributed by atoms with Gasteiger partial charge in [-0.25, -0.2) is 0 Å². The first kappa shape index (κ1) is 18.9. The van der Waals surface area contributed by atoms with Crippen molar-refractivity contribution in [2.75, 3.05) is 0 Å². The molecule has 0 saturated carbocycles.